The molecule has 94 valence electrons. The number of halogens is 1. The van der Waals surface area contributed by atoms with Gasteiger partial charge in [0, 0.05) is 13.6 Å². The van der Waals surface area contributed by atoms with Gasteiger partial charge in [0.15, 0.2) is 6.29 Å². The Bertz CT molecular complexity index is 557. The van der Waals surface area contributed by atoms with Crippen LogP contribution >= 0.6 is 22.9 Å². The van der Waals surface area contributed by atoms with E-state index in [1.165, 1.54) is 5.56 Å². The van der Waals surface area contributed by atoms with Crippen molar-refractivity contribution in [1.29, 1.82) is 0 Å². The molecule has 6 heteroatoms. The Morgan fingerprint density at radius 1 is 1.50 bits per heavy atom. The second-order valence-corrected chi connectivity index (χ2v) is 5.04. The first kappa shape index (κ1) is 13.0. The summed E-state index contributed by atoms with van der Waals surface area (Å²) >= 11 is 7.59. The van der Waals surface area contributed by atoms with Crippen molar-refractivity contribution in [3.05, 3.63) is 38.9 Å². The van der Waals surface area contributed by atoms with Crippen molar-refractivity contribution in [2.24, 2.45) is 0 Å². The average molecular weight is 282 g/mol. The number of hydrogen-bond acceptors (Lipinski definition) is 5. The third-order valence-corrected chi connectivity index (χ3v) is 3.49. The normalized spacial score (nSPS) is 10.4. The van der Waals surface area contributed by atoms with E-state index < -0.39 is 0 Å². The van der Waals surface area contributed by atoms with Crippen molar-refractivity contribution in [3.8, 4) is 0 Å². The minimum absolute atomic E-state index is 0.199. The van der Waals surface area contributed by atoms with E-state index in [-0.39, 0.29) is 5.15 Å². The molecule has 0 spiro atoms. The molecule has 0 N–H and O–H groups in total. The van der Waals surface area contributed by atoms with Gasteiger partial charge in [0.05, 0.1) is 5.56 Å². The number of nitrogens with zero attached hydrogens (tertiary/aromatic N) is 3. The van der Waals surface area contributed by atoms with Crippen LogP contribution in [-0.2, 0) is 6.54 Å². The Hall–Kier alpha value is -1.46. The fraction of sp³-hybridized carbons (Fsp3) is 0.250. The van der Waals surface area contributed by atoms with Crippen molar-refractivity contribution in [2.45, 2.75) is 13.5 Å². The molecular formula is C12H12ClN3OS. The highest BCUT2D eigenvalue weighted by atomic mass is 35.5. The standard InChI is InChI=1S/C12H12ClN3OS/c1-8-14-11(13)10(6-17)12(15-8)16(2)5-9-3-4-18-7-9/h3-4,6-7H,5H2,1-2H3. The third-order valence-electron chi connectivity index (χ3n) is 2.47. The molecule has 0 amide bonds. The Kier molecular flexibility index (Phi) is 3.93. The number of hydrogen-bond donors (Lipinski definition) is 0. The number of rotatable bonds is 4. The molecule has 2 rings (SSSR count). The Balaban J connectivity index is 2.34. The molecule has 18 heavy (non-hydrogen) atoms. The van der Waals surface area contributed by atoms with Crippen molar-refractivity contribution < 1.29 is 4.79 Å². The molecule has 0 aliphatic rings. The summed E-state index contributed by atoms with van der Waals surface area (Å²) in [7, 11) is 1.88. The monoisotopic (exact) mass is 281 g/mol. The third kappa shape index (κ3) is 2.68. The zero-order valence-electron chi connectivity index (χ0n) is 10.1. The van der Waals surface area contributed by atoms with E-state index in [0.717, 1.165) is 0 Å². The smallest absolute Gasteiger partial charge is 0.156 e. The largest absolute Gasteiger partial charge is 0.355 e. The Morgan fingerprint density at radius 2 is 2.28 bits per heavy atom. The van der Waals surface area contributed by atoms with Gasteiger partial charge in [-0.15, -0.1) is 0 Å². The van der Waals surface area contributed by atoms with Gasteiger partial charge in [0.2, 0.25) is 0 Å². The number of carbonyl (C=O) groups is 1. The fourth-order valence-corrected chi connectivity index (χ4v) is 2.57. The highest BCUT2D eigenvalue weighted by molar-refractivity contribution is 7.07. The van der Waals surface area contributed by atoms with Gasteiger partial charge < -0.3 is 4.90 Å². The van der Waals surface area contributed by atoms with Gasteiger partial charge in [0.25, 0.3) is 0 Å². The lowest BCUT2D eigenvalue weighted by molar-refractivity contribution is 0.112. The molecular weight excluding hydrogens is 270 g/mol. The highest BCUT2D eigenvalue weighted by Crippen LogP contribution is 2.23. The van der Waals surface area contributed by atoms with Crippen molar-refractivity contribution in [2.75, 3.05) is 11.9 Å². The minimum atomic E-state index is 0.199. The van der Waals surface area contributed by atoms with Gasteiger partial charge in [-0.3, -0.25) is 4.79 Å². The van der Waals surface area contributed by atoms with E-state index >= 15 is 0 Å². The molecule has 2 aromatic heterocycles. The topological polar surface area (TPSA) is 46.1 Å². The summed E-state index contributed by atoms with van der Waals surface area (Å²) in [5.41, 5.74) is 1.51. The van der Waals surface area contributed by atoms with E-state index in [4.69, 9.17) is 11.6 Å². The van der Waals surface area contributed by atoms with Crippen molar-refractivity contribution >= 4 is 35.0 Å². The molecule has 2 heterocycles. The van der Waals surface area contributed by atoms with E-state index in [1.807, 2.05) is 23.4 Å². The molecule has 0 unspecified atom stereocenters. The van der Waals surface area contributed by atoms with Crippen molar-refractivity contribution in [3.63, 3.8) is 0 Å². The van der Waals surface area contributed by atoms with Crippen LogP contribution in [0.2, 0.25) is 5.15 Å². The summed E-state index contributed by atoms with van der Waals surface area (Å²) in [6.07, 6.45) is 0.696. The van der Waals surface area contributed by atoms with Crippen LogP contribution in [0, 0.1) is 6.92 Å². The van der Waals surface area contributed by atoms with Crippen LogP contribution < -0.4 is 4.90 Å². The second kappa shape index (κ2) is 5.46. The molecule has 2 aromatic rings. The first-order chi connectivity index (χ1) is 8.61. The molecule has 0 atom stereocenters. The van der Waals surface area contributed by atoms with E-state index in [9.17, 15) is 4.79 Å². The van der Waals surface area contributed by atoms with Gasteiger partial charge in [-0.2, -0.15) is 11.3 Å². The maximum atomic E-state index is 11.1. The summed E-state index contributed by atoms with van der Waals surface area (Å²) in [6.45, 7) is 2.43. The first-order valence-corrected chi connectivity index (χ1v) is 6.65. The molecule has 4 nitrogen and oxygen atoms in total. The summed E-state index contributed by atoms with van der Waals surface area (Å²) < 4.78 is 0. The van der Waals surface area contributed by atoms with Crippen LogP contribution in [0.1, 0.15) is 21.7 Å². The molecule has 0 saturated carbocycles. The Morgan fingerprint density at radius 3 is 2.89 bits per heavy atom. The highest BCUT2D eigenvalue weighted by Gasteiger charge is 2.15. The maximum absolute atomic E-state index is 11.1. The number of carbonyl (C=O) groups excluding carboxylic acids is 1. The van der Waals surface area contributed by atoms with Crippen LogP contribution in [0.15, 0.2) is 16.8 Å². The molecule has 0 aliphatic heterocycles. The lowest BCUT2D eigenvalue weighted by Crippen LogP contribution is -2.20. The minimum Gasteiger partial charge on any atom is -0.355 e. The summed E-state index contributed by atoms with van der Waals surface area (Å²) in [5.74, 6) is 1.12. The van der Waals surface area contributed by atoms with Crippen LogP contribution in [0.25, 0.3) is 0 Å². The van der Waals surface area contributed by atoms with Crippen LogP contribution in [0.4, 0.5) is 5.82 Å². The van der Waals surface area contributed by atoms with E-state index in [0.29, 0.717) is 30.0 Å². The number of thiophene rings is 1. The molecule has 0 radical (unpaired) electrons. The van der Waals surface area contributed by atoms with Crippen LogP contribution in [-0.4, -0.2) is 23.3 Å². The van der Waals surface area contributed by atoms with E-state index in [2.05, 4.69) is 15.3 Å². The fourth-order valence-electron chi connectivity index (χ4n) is 1.66. The first-order valence-electron chi connectivity index (χ1n) is 5.33. The number of aryl methyl sites for hydroxylation is 1. The van der Waals surface area contributed by atoms with Gasteiger partial charge in [-0.25, -0.2) is 9.97 Å². The summed E-state index contributed by atoms with van der Waals surface area (Å²) in [4.78, 5) is 21.2. The number of aldehydes is 1. The SMILES string of the molecule is Cc1nc(Cl)c(C=O)c(N(C)Cc2ccsc2)n1. The summed E-state index contributed by atoms with van der Waals surface area (Å²) in [6, 6.07) is 2.04. The molecule has 0 bridgehead atoms. The van der Waals surface area contributed by atoms with Gasteiger partial charge in [0.1, 0.15) is 16.8 Å². The van der Waals surface area contributed by atoms with E-state index in [1.54, 1.807) is 18.3 Å². The molecule has 0 fully saturated rings. The second-order valence-electron chi connectivity index (χ2n) is 3.90. The quantitative estimate of drug-likeness (QED) is 0.638. The lowest BCUT2D eigenvalue weighted by atomic mass is 10.2. The lowest BCUT2D eigenvalue weighted by Gasteiger charge is -2.19. The average Bonchev–Trinajstić information content (AvgIpc) is 2.80. The molecule has 0 saturated heterocycles. The molecule has 0 aromatic carbocycles. The predicted octanol–water partition coefficient (Wildman–Crippen LogP) is 2.95. The predicted molar refractivity (Wildman–Crippen MR) is 73.6 cm³/mol. The number of anilines is 1. The number of aromatic nitrogens is 2. The van der Waals surface area contributed by atoms with Crippen LogP contribution in [0.5, 0.6) is 0 Å². The molecule has 0 aliphatic carbocycles. The van der Waals surface area contributed by atoms with Crippen LogP contribution in [0.3, 0.4) is 0 Å². The van der Waals surface area contributed by atoms with Gasteiger partial charge in [-0.1, -0.05) is 11.6 Å². The Labute approximate surface area is 114 Å². The van der Waals surface area contributed by atoms with Gasteiger partial charge >= 0.3 is 0 Å². The van der Waals surface area contributed by atoms with Crippen molar-refractivity contribution in [1.82, 2.24) is 9.97 Å². The summed E-state index contributed by atoms with van der Waals surface area (Å²) in [5, 5.41) is 4.28. The maximum Gasteiger partial charge on any atom is 0.156 e. The zero-order chi connectivity index (χ0) is 13.1. The van der Waals surface area contributed by atoms with Gasteiger partial charge in [-0.05, 0) is 29.3 Å². The zero-order valence-corrected chi connectivity index (χ0v) is 11.6.